The number of hydrogen-bond donors (Lipinski definition) is 3. The standard InChI is InChI=1S/C15H29N3O3/c1-12-11-18(2)10-8-13(12)17-15(21)16-9-6-4-3-5-7-14(19)20/h12-13H,3-11H2,1-2H3,(H,19,20)(H2,16,17,21). The van der Waals surface area contributed by atoms with Gasteiger partial charge in [-0.15, -0.1) is 0 Å². The Bertz CT molecular complexity index is 336. The van der Waals surface area contributed by atoms with E-state index in [-0.39, 0.29) is 18.5 Å². The molecule has 0 aromatic rings. The number of rotatable bonds is 8. The Labute approximate surface area is 127 Å². The summed E-state index contributed by atoms with van der Waals surface area (Å²) in [6.45, 7) is 4.87. The van der Waals surface area contributed by atoms with Crippen LogP contribution in [0.1, 0.15) is 45.4 Å². The maximum absolute atomic E-state index is 11.8. The van der Waals surface area contributed by atoms with Gasteiger partial charge in [-0.05, 0) is 38.8 Å². The molecule has 0 radical (unpaired) electrons. The van der Waals surface area contributed by atoms with Crippen molar-refractivity contribution in [1.82, 2.24) is 15.5 Å². The Morgan fingerprint density at radius 1 is 1.24 bits per heavy atom. The van der Waals surface area contributed by atoms with E-state index in [1.165, 1.54) is 0 Å². The van der Waals surface area contributed by atoms with Crippen LogP contribution in [0.3, 0.4) is 0 Å². The van der Waals surface area contributed by atoms with Crippen LogP contribution in [0.25, 0.3) is 0 Å². The lowest BCUT2D eigenvalue weighted by atomic mass is 9.94. The third kappa shape index (κ3) is 7.90. The Kier molecular flexibility index (Phi) is 8.12. The molecule has 6 heteroatoms. The molecule has 1 fully saturated rings. The highest BCUT2D eigenvalue weighted by Crippen LogP contribution is 2.15. The average molecular weight is 299 g/mol. The minimum atomic E-state index is -0.736. The molecular weight excluding hydrogens is 270 g/mol. The molecule has 2 unspecified atom stereocenters. The number of likely N-dealkylation sites (tertiary alicyclic amines) is 1. The number of aliphatic carboxylic acids is 1. The van der Waals surface area contributed by atoms with Gasteiger partial charge >= 0.3 is 12.0 Å². The number of urea groups is 1. The number of carboxylic acid groups (broad SMARTS) is 1. The zero-order valence-corrected chi connectivity index (χ0v) is 13.2. The molecule has 0 aromatic heterocycles. The van der Waals surface area contributed by atoms with Crippen molar-refractivity contribution in [3.63, 3.8) is 0 Å². The van der Waals surface area contributed by atoms with Gasteiger partial charge in [0.15, 0.2) is 0 Å². The predicted octanol–water partition coefficient (Wildman–Crippen LogP) is 1.66. The van der Waals surface area contributed by atoms with Crippen LogP contribution in [-0.2, 0) is 4.79 Å². The molecule has 21 heavy (non-hydrogen) atoms. The normalized spacial score (nSPS) is 22.8. The van der Waals surface area contributed by atoms with E-state index in [1.807, 2.05) is 0 Å². The zero-order valence-electron chi connectivity index (χ0n) is 13.2. The minimum Gasteiger partial charge on any atom is -0.481 e. The van der Waals surface area contributed by atoms with Crippen LogP contribution in [0.2, 0.25) is 0 Å². The monoisotopic (exact) mass is 299 g/mol. The molecule has 122 valence electrons. The van der Waals surface area contributed by atoms with Crippen molar-refractivity contribution in [1.29, 1.82) is 0 Å². The minimum absolute atomic E-state index is 0.0815. The number of piperidine rings is 1. The van der Waals surface area contributed by atoms with Crippen LogP contribution in [0.15, 0.2) is 0 Å². The van der Waals surface area contributed by atoms with Gasteiger partial charge in [0.2, 0.25) is 0 Å². The maximum atomic E-state index is 11.8. The summed E-state index contributed by atoms with van der Waals surface area (Å²) in [4.78, 5) is 24.4. The zero-order chi connectivity index (χ0) is 15.7. The Morgan fingerprint density at radius 2 is 1.95 bits per heavy atom. The molecule has 6 nitrogen and oxygen atoms in total. The summed E-state index contributed by atoms with van der Waals surface area (Å²) in [6.07, 6.45) is 4.71. The van der Waals surface area contributed by atoms with Crippen LogP contribution >= 0.6 is 0 Å². The van der Waals surface area contributed by atoms with Crippen LogP contribution < -0.4 is 10.6 Å². The molecule has 1 heterocycles. The van der Waals surface area contributed by atoms with Gasteiger partial charge in [0.1, 0.15) is 0 Å². The molecule has 0 aliphatic carbocycles. The number of nitrogens with zero attached hydrogens (tertiary/aromatic N) is 1. The summed E-state index contributed by atoms with van der Waals surface area (Å²) in [5.41, 5.74) is 0. The highest BCUT2D eigenvalue weighted by atomic mass is 16.4. The Hall–Kier alpha value is -1.30. The molecule has 0 spiro atoms. The lowest BCUT2D eigenvalue weighted by molar-refractivity contribution is -0.137. The van der Waals surface area contributed by atoms with Crippen molar-refractivity contribution in [3.05, 3.63) is 0 Å². The molecule has 1 rings (SSSR count). The van der Waals surface area contributed by atoms with Crippen molar-refractivity contribution in [3.8, 4) is 0 Å². The first-order valence-electron chi connectivity index (χ1n) is 7.93. The molecule has 0 bridgehead atoms. The summed E-state index contributed by atoms with van der Waals surface area (Å²) >= 11 is 0. The Morgan fingerprint density at radius 3 is 2.62 bits per heavy atom. The Balaban J connectivity index is 2.02. The second-order valence-electron chi connectivity index (χ2n) is 6.09. The highest BCUT2D eigenvalue weighted by Gasteiger charge is 2.25. The maximum Gasteiger partial charge on any atom is 0.315 e. The van der Waals surface area contributed by atoms with Gasteiger partial charge < -0.3 is 20.6 Å². The first-order chi connectivity index (χ1) is 9.99. The van der Waals surface area contributed by atoms with Gasteiger partial charge in [-0.2, -0.15) is 0 Å². The van der Waals surface area contributed by atoms with Crippen LogP contribution in [0.5, 0.6) is 0 Å². The molecule has 1 aliphatic rings. The number of carbonyl (C=O) groups is 2. The van der Waals surface area contributed by atoms with Crippen molar-refractivity contribution in [2.45, 2.75) is 51.5 Å². The summed E-state index contributed by atoms with van der Waals surface area (Å²) in [5, 5.41) is 14.4. The topological polar surface area (TPSA) is 81.7 Å². The molecule has 3 N–H and O–H groups in total. The number of carboxylic acids is 1. The molecule has 1 saturated heterocycles. The SMILES string of the molecule is CC1CN(C)CCC1NC(=O)NCCCCCCC(=O)O. The fourth-order valence-electron chi connectivity index (χ4n) is 2.74. The first-order valence-corrected chi connectivity index (χ1v) is 7.93. The van der Waals surface area contributed by atoms with E-state index in [2.05, 4.69) is 29.5 Å². The van der Waals surface area contributed by atoms with E-state index >= 15 is 0 Å². The lowest BCUT2D eigenvalue weighted by Gasteiger charge is -2.35. The second-order valence-corrected chi connectivity index (χ2v) is 6.09. The molecule has 0 saturated carbocycles. The number of carbonyl (C=O) groups excluding carboxylic acids is 1. The van der Waals surface area contributed by atoms with Crippen molar-refractivity contribution < 1.29 is 14.7 Å². The van der Waals surface area contributed by atoms with Gasteiger partial charge in [-0.25, -0.2) is 4.79 Å². The molecule has 1 aliphatic heterocycles. The van der Waals surface area contributed by atoms with Crippen molar-refractivity contribution >= 4 is 12.0 Å². The fraction of sp³-hybridized carbons (Fsp3) is 0.867. The number of nitrogens with one attached hydrogen (secondary N) is 2. The predicted molar refractivity (Wildman–Crippen MR) is 82.3 cm³/mol. The average Bonchev–Trinajstić information content (AvgIpc) is 2.40. The summed E-state index contributed by atoms with van der Waals surface area (Å²) in [5.74, 6) is -0.259. The van der Waals surface area contributed by atoms with E-state index in [0.29, 0.717) is 18.9 Å². The lowest BCUT2D eigenvalue weighted by Crippen LogP contribution is -2.51. The number of amides is 2. The van der Waals surface area contributed by atoms with Gasteiger partial charge in [0, 0.05) is 25.6 Å². The van der Waals surface area contributed by atoms with E-state index in [9.17, 15) is 9.59 Å². The fourth-order valence-corrected chi connectivity index (χ4v) is 2.74. The molecule has 2 atom stereocenters. The van der Waals surface area contributed by atoms with Gasteiger partial charge in [-0.1, -0.05) is 19.8 Å². The van der Waals surface area contributed by atoms with E-state index < -0.39 is 5.97 Å². The molecule has 0 aromatic carbocycles. The second kappa shape index (κ2) is 9.60. The van der Waals surface area contributed by atoms with Gasteiger partial charge in [-0.3, -0.25) is 4.79 Å². The number of hydrogen-bond acceptors (Lipinski definition) is 3. The third-order valence-electron chi connectivity index (χ3n) is 4.03. The third-order valence-corrected chi connectivity index (χ3v) is 4.03. The van der Waals surface area contributed by atoms with Crippen molar-refractivity contribution in [2.24, 2.45) is 5.92 Å². The van der Waals surface area contributed by atoms with Gasteiger partial charge in [0.05, 0.1) is 0 Å². The molecular formula is C15H29N3O3. The summed E-state index contributed by atoms with van der Waals surface area (Å²) in [7, 11) is 2.11. The summed E-state index contributed by atoms with van der Waals surface area (Å²) < 4.78 is 0. The largest absolute Gasteiger partial charge is 0.481 e. The first kappa shape index (κ1) is 17.8. The van der Waals surface area contributed by atoms with E-state index in [1.54, 1.807) is 0 Å². The van der Waals surface area contributed by atoms with E-state index in [4.69, 9.17) is 5.11 Å². The van der Waals surface area contributed by atoms with E-state index in [0.717, 1.165) is 38.8 Å². The van der Waals surface area contributed by atoms with Crippen LogP contribution in [0, 0.1) is 5.92 Å². The van der Waals surface area contributed by atoms with Crippen molar-refractivity contribution in [2.75, 3.05) is 26.7 Å². The van der Waals surface area contributed by atoms with Crippen LogP contribution in [-0.4, -0.2) is 54.7 Å². The quantitative estimate of drug-likeness (QED) is 0.595. The smallest absolute Gasteiger partial charge is 0.315 e. The van der Waals surface area contributed by atoms with Gasteiger partial charge in [0.25, 0.3) is 0 Å². The highest BCUT2D eigenvalue weighted by molar-refractivity contribution is 5.74. The number of unbranched alkanes of at least 4 members (excludes halogenated alkanes) is 3. The molecule has 2 amide bonds. The van der Waals surface area contributed by atoms with Crippen LogP contribution in [0.4, 0.5) is 4.79 Å². The summed E-state index contributed by atoms with van der Waals surface area (Å²) in [6, 6.07) is 0.179.